The lowest BCUT2D eigenvalue weighted by molar-refractivity contribution is 0.0970. The Hall–Kier alpha value is -0.860. The monoisotopic (exact) mass is 234 g/mol. The van der Waals surface area contributed by atoms with E-state index < -0.39 is 0 Å². The molecule has 94 valence electrons. The highest BCUT2D eigenvalue weighted by Gasteiger charge is 2.22. The molecule has 0 fully saturated rings. The number of methoxy groups -OCH3 is 1. The third-order valence-corrected chi connectivity index (χ3v) is 3.71. The first-order chi connectivity index (χ1) is 8.31. The van der Waals surface area contributed by atoms with Crippen molar-refractivity contribution in [2.75, 3.05) is 13.7 Å². The van der Waals surface area contributed by atoms with Crippen LogP contribution >= 0.6 is 0 Å². The minimum absolute atomic E-state index is 0.230. The van der Waals surface area contributed by atoms with E-state index in [0.717, 1.165) is 12.8 Å². The van der Waals surface area contributed by atoms with Crippen LogP contribution in [0.2, 0.25) is 0 Å². The third-order valence-electron chi connectivity index (χ3n) is 3.71. The summed E-state index contributed by atoms with van der Waals surface area (Å²) in [6.45, 7) is 0.648. The molecule has 2 unspecified atom stereocenters. The van der Waals surface area contributed by atoms with Crippen LogP contribution in [0.25, 0.3) is 0 Å². The van der Waals surface area contributed by atoms with Gasteiger partial charge in [0.1, 0.15) is 0 Å². The van der Waals surface area contributed by atoms with Crippen molar-refractivity contribution in [1.82, 2.24) is 0 Å². The fourth-order valence-electron chi connectivity index (χ4n) is 2.80. The molecular weight excluding hydrogens is 212 g/mol. The maximum atomic E-state index is 9.98. The van der Waals surface area contributed by atoms with Gasteiger partial charge in [0.05, 0.1) is 6.10 Å². The summed E-state index contributed by atoms with van der Waals surface area (Å²) in [6, 6.07) is 8.67. The number of ether oxygens (including phenoxy) is 1. The standard InChI is InChI=1S/C15H22O2/c1-17-10-9-14(16)11-13-7-4-6-12-5-2-3-8-15(12)13/h2-3,5,8,13-14,16H,4,6-7,9-11H2,1H3. The Labute approximate surface area is 104 Å². The highest BCUT2D eigenvalue weighted by molar-refractivity contribution is 5.32. The van der Waals surface area contributed by atoms with Gasteiger partial charge in [-0.15, -0.1) is 0 Å². The normalized spacial score (nSPS) is 20.9. The molecule has 2 nitrogen and oxygen atoms in total. The van der Waals surface area contributed by atoms with Gasteiger partial charge < -0.3 is 9.84 Å². The minimum Gasteiger partial charge on any atom is -0.393 e. The van der Waals surface area contributed by atoms with Crippen molar-refractivity contribution in [2.45, 2.75) is 44.1 Å². The lowest BCUT2D eigenvalue weighted by Crippen LogP contribution is -2.18. The maximum Gasteiger partial charge on any atom is 0.0568 e. The van der Waals surface area contributed by atoms with E-state index in [1.807, 2.05) is 0 Å². The zero-order chi connectivity index (χ0) is 12.1. The molecule has 0 saturated heterocycles. The van der Waals surface area contributed by atoms with Crippen molar-refractivity contribution in [2.24, 2.45) is 0 Å². The smallest absolute Gasteiger partial charge is 0.0568 e. The molecule has 0 saturated carbocycles. The molecule has 2 heteroatoms. The van der Waals surface area contributed by atoms with Crippen LogP contribution in [0.1, 0.15) is 42.7 Å². The van der Waals surface area contributed by atoms with E-state index in [4.69, 9.17) is 4.74 Å². The lowest BCUT2D eigenvalue weighted by Gasteiger charge is -2.27. The van der Waals surface area contributed by atoms with E-state index in [2.05, 4.69) is 24.3 Å². The SMILES string of the molecule is COCCC(O)CC1CCCc2ccccc21. The van der Waals surface area contributed by atoms with Gasteiger partial charge in [-0.05, 0) is 49.1 Å². The van der Waals surface area contributed by atoms with E-state index in [-0.39, 0.29) is 6.10 Å². The number of aliphatic hydroxyl groups excluding tert-OH is 1. The Morgan fingerprint density at radius 2 is 2.24 bits per heavy atom. The first-order valence-electron chi connectivity index (χ1n) is 6.56. The summed E-state index contributed by atoms with van der Waals surface area (Å²) >= 11 is 0. The Balaban J connectivity index is 1.98. The summed E-state index contributed by atoms with van der Waals surface area (Å²) in [5, 5.41) is 9.98. The van der Waals surface area contributed by atoms with E-state index in [0.29, 0.717) is 12.5 Å². The molecule has 17 heavy (non-hydrogen) atoms. The largest absolute Gasteiger partial charge is 0.393 e. The van der Waals surface area contributed by atoms with Gasteiger partial charge in [0.25, 0.3) is 0 Å². The Kier molecular flexibility index (Phi) is 4.57. The Morgan fingerprint density at radius 3 is 3.06 bits per heavy atom. The summed E-state index contributed by atoms with van der Waals surface area (Å²) in [5.41, 5.74) is 2.93. The second-order valence-electron chi connectivity index (χ2n) is 4.96. The van der Waals surface area contributed by atoms with Crippen molar-refractivity contribution in [3.05, 3.63) is 35.4 Å². The molecule has 2 rings (SSSR count). The third kappa shape index (κ3) is 3.30. The molecule has 0 bridgehead atoms. The summed E-state index contributed by atoms with van der Waals surface area (Å²) < 4.78 is 5.01. The highest BCUT2D eigenvalue weighted by Crippen LogP contribution is 2.34. The quantitative estimate of drug-likeness (QED) is 0.849. The molecular formula is C15H22O2. The predicted octanol–water partition coefficient (Wildman–Crippen LogP) is 2.89. The summed E-state index contributed by atoms with van der Waals surface area (Å²) in [6.07, 6.45) is 5.04. The van der Waals surface area contributed by atoms with Crippen LogP contribution < -0.4 is 0 Å². The number of fused-ring (bicyclic) bond motifs is 1. The van der Waals surface area contributed by atoms with Gasteiger partial charge in [-0.25, -0.2) is 0 Å². The van der Waals surface area contributed by atoms with Crippen molar-refractivity contribution in [3.8, 4) is 0 Å². The number of hydrogen-bond acceptors (Lipinski definition) is 2. The average molecular weight is 234 g/mol. The van der Waals surface area contributed by atoms with Gasteiger partial charge in [0.2, 0.25) is 0 Å². The molecule has 0 radical (unpaired) electrons. The van der Waals surface area contributed by atoms with Gasteiger partial charge in [-0.3, -0.25) is 0 Å². The van der Waals surface area contributed by atoms with Crippen molar-refractivity contribution in [3.63, 3.8) is 0 Å². The second kappa shape index (κ2) is 6.18. The van der Waals surface area contributed by atoms with Gasteiger partial charge in [0, 0.05) is 13.7 Å². The maximum absolute atomic E-state index is 9.98. The number of aryl methyl sites for hydroxylation is 1. The second-order valence-corrected chi connectivity index (χ2v) is 4.96. The number of rotatable bonds is 5. The zero-order valence-electron chi connectivity index (χ0n) is 10.6. The van der Waals surface area contributed by atoms with Crippen LogP contribution in [-0.4, -0.2) is 24.9 Å². The minimum atomic E-state index is -0.230. The van der Waals surface area contributed by atoms with Crippen molar-refractivity contribution >= 4 is 0 Å². The molecule has 1 aromatic carbocycles. The number of benzene rings is 1. The van der Waals surface area contributed by atoms with E-state index in [1.165, 1.54) is 30.4 Å². The number of aliphatic hydroxyl groups is 1. The van der Waals surface area contributed by atoms with Crippen LogP contribution in [-0.2, 0) is 11.2 Å². The van der Waals surface area contributed by atoms with Gasteiger partial charge in [0.15, 0.2) is 0 Å². The van der Waals surface area contributed by atoms with E-state index in [1.54, 1.807) is 7.11 Å². The van der Waals surface area contributed by atoms with Crippen molar-refractivity contribution < 1.29 is 9.84 Å². The molecule has 0 spiro atoms. The van der Waals surface area contributed by atoms with Crippen LogP contribution in [0, 0.1) is 0 Å². The molecule has 1 N–H and O–H groups in total. The van der Waals surface area contributed by atoms with Crippen LogP contribution in [0.15, 0.2) is 24.3 Å². The van der Waals surface area contributed by atoms with Crippen molar-refractivity contribution in [1.29, 1.82) is 0 Å². The lowest BCUT2D eigenvalue weighted by atomic mass is 9.80. The molecule has 0 amide bonds. The molecule has 0 aliphatic heterocycles. The van der Waals surface area contributed by atoms with E-state index >= 15 is 0 Å². The highest BCUT2D eigenvalue weighted by atomic mass is 16.5. The van der Waals surface area contributed by atoms with E-state index in [9.17, 15) is 5.11 Å². The Bertz CT molecular complexity index is 349. The molecule has 1 aromatic rings. The molecule has 1 aliphatic carbocycles. The van der Waals surface area contributed by atoms with Crippen LogP contribution in [0.5, 0.6) is 0 Å². The molecule has 1 aliphatic rings. The first kappa shape index (κ1) is 12.6. The zero-order valence-corrected chi connectivity index (χ0v) is 10.6. The first-order valence-corrected chi connectivity index (χ1v) is 6.56. The number of hydrogen-bond donors (Lipinski definition) is 1. The van der Waals surface area contributed by atoms with Crippen LogP contribution in [0.4, 0.5) is 0 Å². The van der Waals surface area contributed by atoms with Crippen LogP contribution in [0.3, 0.4) is 0 Å². The molecule has 0 aromatic heterocycles. The summed E-state index contributed by atoms with van der Waals surface area (Å²) in [5.74, 6) is 0.534. The summed E-state index contributed by atoms with van der Waals surface area (Å²) in [4.78, 5) is 0. The fourth-order valence-corrected chi connectivity index (χ4v) is 2.80. The predicted molar refractivity (Wildman–Crippen MR) is 69.2 cm³/mol. The molecule has 2 atom stereocenters. The topological polar surface area (TPSA) is 29.5 Å². The fraction of sp³-hybridized carbons (Fsp3) is 0.600. The van der Waals surface area contributed by atoms with Gasteiger partial charge in [-0.2, -0.15) is 0 Å². The summed E-state index contributed by atoms with van der Waals surface area (Å²) in [7, 11) is 1.68. The van der Waals surface area contributed by atoms with Gasteiger partial charge in [-0.1, -0.05) is 24.3 Å². The van der Waals surface area contributed by atoms with Gasteiger partial charge >= 0.3 is 0 Å². The Morgan fingerprint density at radius 1 is 1.41 bits per heavy atom. The average Bonchev–Trinajstić information content (AvgIpc) is 2.37. The molecule has 0 heterocycles.